The molecule has 1 aromatic carbocycles. The second-order valence-electron chi connectivity index (χ2n) is 3.69. The summed E-state index contributed by atoms with van der Waals surface area (Å²) < 4.78 is 0. The van der Waals surface area contributed by atoms with E-state index >= 15 is 0 Å². The fourth-order valence-electron chi connectivity index (χ4n) is 1.81. The molecule has 2 rings (SSSR count). The second kappa shape index (κ2) is 4.41. The summed E-state index contributed by atoms with van der Waals surface area (Å²) in [6.45, 7) is 3.87. The van der Waals surface area contributed by atoms with Crippen LogP contribution in [-0.2, 0) is 4.84 Å². The van der Waals surface area contributed by atoms with Crippen molar-refractivity contribution < 1.29 is 14.7 Å². The van der Waals surface area contributed by atoms with Crippen molar-refractivity contribution in [3.05, 3.63) is 41.0 Å². The lowest BCUT2D eigenvalue weighted by molar-refractivity contribution is 0.104. The van der Waals surface area contributed by atoms with Crippen LogP contribution in [0.4, 0.5) is 0 Å². The number of carbonyl (C=O) groups is 1. The van der Waals surface area contributed by atoms with Crippen LogP contribution in [0.2, 0.25) is 0 Å². The first-order valence-electron chi connectivity index (χ1n) is 5.41. The second-order valence-corrected chi connectivity index (χ2v) is 3.69. The SMILES string of the molecule is CCO/N=C(\C)C1=C(O)c2ccccc2C1=O. The predicted octanol–water partition coefficient (Wildman–Crippen LogP) is 2.56. The molecule has 4 heteroatoms. The molecule has 0 saturated heterocycles. The summed E-state index contributed by atoms with van der Waals surface area (Å²) in [6, 6.07) is 6.95. The van der Waals surface area contributed by atoms with Gasteiger partial charge in [0.25, 0.3) is 0 Å². The van der Waals surface area contributed by atoms with Crippen LogP contribution in [0.3, 0.4) is 0 Å². The third-order valence-corrected chi connectivity index (χ3v) is 2.58. The lowest BCUT2D eigenvalue weighted by Crippen LogP contribution is -2.08. The maximum absolute atomic E-state index is 12.1. The maximum Gasteiger partial charge on any atom is 0.199 e. The molecule has 1 aromatic rings. The Kier molecular flexibility index (Phi) is 2.95. The zero-order valence-corrected chi connectivity index (χ0v) is 9.73. The van der Waals surface area contributed by atoms with Crippen molar-refractivity contribution in [3.63, 3.8) is 0 Å². The molecule has 0 saturated carbocycles. The third-order valence-electron chi connectivity index (χ3n) is 2.58. The highest BCUT2D eigenvalue weighted by Gasteiger charge is 2.31. The number of hydrogen-bond donors (Lipinski definition) is 1. The van der Waals surface area contributed by atoms with Gasteiger partial charge in [-0.15, -0.1) is 0 Å². The van der Waals surface area contributed by atoms with Crippen LogP contribution in [0.25, 0.3) is 5.76 Å². The minimum absolute atomic E-state index is 0.0217. The number of carbonyl (C=O) groups excluding carboxylic acids is 1. The Morgan fingerprint density at radius 3 is 2.59 bits per heavy atom. The zero-order chi connectivity index (χ0) is 12.4. The summed E-state index contributed by atoms with van der Waals surface area (Å²) in [7, 11) is 0. The van der Waals surface area contributed by atoms with Crippen LogP contribution in [0, 0.1) is 0 Å². The lowest BCUT2D eigenvalue weighted by Gasteiger charge is -2.00. The normalized spacial score (nSPS) is 15.2. The Bertz CT molecular complexity index is 529. The fraction of sp³-hybridized carbons (Fsp3) is 0.231. The molecule has 0 spiro atoms. The topological polar surface area (TPSA) is 58.9 Å². The zero-order valence-electron chi connectivity index (χ0n) is 9.73. The van der Waals surface area contributed by atoms with Gasteiger partial charge in [0.15, 0.2) is 5.78 Å². The molecule has 0 heterocycles. The number of nitrogens with zero attached hydrogens (tertiary/aromatic N) is 1. The number of hydrogen-bond acceptors (Lipinski definition) is 4. The summed E-state index contributed by atoms with van der Waals surface area (Å²) in [5, 5.41) is 13.8. The van der Waals surface area contributed by atoms with E-state index in [0.29, 0.717) is 23.4 Å². The third kappa shape index (κ3) is 1.82. The summed E-state index contributed by atoms with van der Waals surface area (Å²) >= 11 is 0. The van der Waals surface area contributed by atoms with Gasteiger partial charge in [0, 0.05) is 11.1 Å². The highest BCUT2D eigenvalue weighted by Crippen LogP contribution is 2.31. The standard InChI is InChI=1S/C13H13NO3/c1-3-17-14-8(2)11-12(15)9-6-4-5-7-10(9)13(11)16/h4-7,15H,3H2,1-2H3/b14-8+. The molecular formula is C13H13NO3. The van der Waals surface area contributed by atoms with Crippen LogP contribution in [-0.4, -0.2) is 23.2 Å². The van der Waals surface area contributed by atoms with E-state index in [2.05, 4.69) is 5.16 Å². The van der Waals surface area contributed by atoms with Crippen LogP contribution in [0.5, 0.6) is 0 Å². The average Bonchev–Trinajstić information content (AvgIpc) is 2.60. The summed E-state index contributed by atoms with van der Waals surface area (Å²) in [5.41, 5.74) is 1.68. The fourth-order valence-corrected chi connectivity index (χ4v) is 1.81. The number of oxime groups is 1. The molecule has 0 aliphatic heterocycles. The minimum Gasteiger partial charge on any atom is -0.506 e. The predicted molar refractivity (Wildman–Crippen MR) is 65.1 cm³/mol. The Hall–Kier alpha value is -2.10. The Balaban J connectivity index is 2.45. The molecule has 17 heavy (non-hydrogen) atoms. The lowest BCUT2D eigenvalue weighted by atomic mass is 10.1. The van der Waals surface area contributed by atoms with Crippen molar-refractivity contribution in [2.45, 2.75) is 13.8 Å². The number of fused-ring (bicyclic) bond motifs is 1. The number of aliphatic hydroxyl groups is 1. The van der Waals surface area contributed by atoms with E-state index in [1.54, 1.807) is 38.1 Å². The van der Waals surface area contributed by atoms with E-state index in [4.69, 9.17) is 4.84 Å². The molecule has 1 N–H and O–H groups in total. The van der Waals surface area contributed by atoms with Crippen molar-refractivity contribution in [1.29, 1.82) is 0 Å². The van der Waals surface area contributed by atoms with Crippen molar-refractivity contribution in [1.82, 2.24) is 0 Å². The van der Waals surface area contributed by atoms with Gasteiger partial charge < -0.3 is 9.94 Å². The molecular weight excluding hydrogens is 218 g/mol. The van der Waals surface area contributed by atoms with Gasteiger partial charge >= 0.3 is 0 Å². The molecule has 0 unspecified atom stereocenters. The first-order chi connectivity index (χ1) is 8.16. The van der Waals surface area contributed by atoms with Gasteiger partial charge in [-0.25, -0.2) is 0 Å². The number of allylic oxidation sites excluding steroid dienone is 1. The molecule has 1 aliphatic rings. The van der Waals surface area contributed by atoms with Crippen LogP contribution in [0.15, 0.2) is 35.0 Å². The van der Waals surface area contributed by atoms with E-state index < -0.39 is 0 Å². The summed E-state index contributed by atoms with van der Waals surface area (Å²) in [5.74, 6) is -0.231. The van der Waals surface area contributed by atoms with Crippen molar-refractivity contribution in [2.24, 2.45) is 5.16 Å². The monoisotopic (exact) mass is 231 g/mol. The molecule has 0 bridgehead atoms. The summed E-state index contributed by atoms with van der Waals surface area (Å²) in [4.78, 5) is 17.0. The summed E-state index contributed by atoms with van der Waals surface area (Å²) in [6.07, 6.45) is 0. The average molecular weight is 231 g/mol. The van der Waals surface area contributed by atoms with Gasteiger partial charge in [-0.3, -0.25) is 4.79 Å². The van der Waals surface area contributed by atoms with Crippen LogP contribution < -0.4 is 0 Å². The Labute approximate surface area is 99.2 Å². The van der Waals surface area contributed by atoms with Gasteiger partial charge in [0.05, 0.1) is 11.3 Å². The Morgan fingerprint density at radius 2 is 2.00 bits per heavy atom. The van der Waals surface area contributed by atoms with Gasteiger partial charge in [-0.05, 0) is 13.8 Å². The quantitative estimate of drug-likeness (QED) is 0.642. The molecule has 0 amide bonds. The number of Topliss-reactive ketones (excluding diaryl/α,β-unsaturated/α-hetero) is 1. The largest absolute Gasteiger partial charge is 0.506 e. The highest BCUT2D eigenvalue weighted by molar-refractivity contribution is 6.35. The number of rotatable bonds is 3. The van der Waals surface area contributed by atoms with E-state index in [-0.39, 0.29) is 17.1 Å². The highest BCUT2D eigenvalue weighted by atomic mass is 16.6. The van der Waals surface area contributed by atoms with Crippen LogP contribution in [0.1, 0.15) is 29.8 Å². The molecule has 0 fully saturated rings. The van der Waals surface area contributed by atoms with Crippen molar-refractivity contribution in [3.8, 4) is 0 Å². The van der Waals surface area contributed by atoms with E-state index in [1.807, 2.05) is 0 Å². The first-order valence-corrected chi connectivity index (χ1v) is 5.41. The van der Waals surface area contributed by atoms with E-state index in [1.165, 1.54) is 0 Å². The first kappa shape index (κ1) is 11.4. The Morgan fingerprint density at radius 1 is 1.35 bits per heavy atom. The van der Waals surface area contributed by atoms with Gasteiger partial charge in [-0.2, -0.15) is 0 Å². The maximum atomic E-state index is 12.1. The van der Waals surface area contributed by atoms with Crippen LogP contribution >= 0.6 is 0 Å². The molecule has 1 aliphatic carbocycles. The van der Waals surface area contributed by atoms with Gasteiger partial charge in [-0.1, -0.05) is 29.4 Å². The molecule has 0 radical (unpaired) electrons. The molecule has 4 nitrogen and oxygen atoms in total. The van der Waals surface area contributed by atoms with E-state index in [9.17, 15) is 9.90 Å². The molecule has 0 aromatic heterocycles. The van der Waals surface area contributed by atoms with Crippen molar-refractivity contribution in [2.75, 3.05) is 6.61 Å². The minimum atomic E-state index is -0.209. The number of aliphatic hydroxyl groups excluding tert-OH is 1. The number of ketones is 1. The van der Waals surface area contributed by atoms with Crippen molar-refractivity contribution >= 4 is 17.3 Å². The smallest absolute Gasteiger partial charge is 0.199 e. The molecule has 0 atom stereocenters. The van der Waals surface area contributed by atoms with E-state index in [0.717, 1.165) is 0 Å². The van der Waals surface area contributed by atoms with Gasteiger partial charge in [0.1, 0.15) is 12.4 Å². The van der Waals surface area contributed by atoms with Gasteiger partial charge in [0.2, 0.25) is 0 Å². The number of benzene rings is 1. The molecule has 88 valence electrons.